The largest absolute Gasteiger partial charge is 0.482 e. The number of carbonyl (C=O) groups is 3. The van der Waals surface area contributed by atoms with Gasteiger partial charge >= 0.3 is 0 Å². The Hall–Kier alpha value is -2.15. The molecule has 1 aromatic carbocycles. The molecule has 0 aliphatic rings. The lowest BCUT2D eigenvalue weighted by atomic mass is 10.1. The van der Waals surface area contributed by atoms with Crippen LogP contribution in [0.2, 0.25) is 5.02 Å². The van der Waals surface area contributed by atoms with Crippen LogP contribution in [0.5, 0.6) is 5.75 Å². The third-order valence-electron chi connectivity index (χ3n) is 2.03. The first-order valence-electron chi connectivity index (χ1n) is 5.03. The van der Waals surface area contributed by atoms with Crippen LogP contribution in [0.3, 0.4) is 0 Å². The molecule has 0 saturated carbocycles. The fourth-order valence-electron chi connectivity index (χ4n) is 1.26. The number of nitrogens with two attached hydrogens (primary N) is 2. The lowest BCUT2D eigenvalue weighted by Gasteiger charge is -2.09. The molecular weight excluding hydrogens is 279 g/mol. The third-order valence-corrected chi connectivity index (χ3v) is 2.32. The van der Waals surface area contributed by atoms with Crippen molar-refractivity contribution in [2.75, 3.05) is 6.61 Å². The summed E-state index contributed by atoms with van der Waals surface area (Å²) in [6, 6.07) is 1.83. The van der Waals surface area contributed by atoms with Gasteiger partial charge in [0.2, 0.25) is 5.91 Å². The standard InChI is InChI=1S/C11H10ClFN2O4/c12-6-2-7(13)5(8(16)3-10(14)17)1-9(6)19-4-11(15)18/h1-2H,3-4H2,(H2,14,17)(H2,15,18). The highest BCUT2D eigenvalue weighted by Gasteiger charge is 2.18. The molecule has 4 N–H and O–H groups in total. The lowest BCUT2D eigenvalue weighted by molar-refractivity contribution is -0.120. The number of amides is 2. The predicted octanol–water partition coefficient (Wildman–Crippen LogP) is 0.401. The molecule has 0 heterocycles. The van der Waals surface area contributed by atoms with Crippen LogP contribution in [0.1, 0.15) is 16.8 Å². The van der Waals surface area contributed by atoms with Crippen molar-refractivity contribution >= 4 is 29.2 Å². The van der Waals surface area contributed by atoms with E-state index in [9.17, 15) is 18.8 Å². The third kappa shape index (κ3) is 4.22. The zero-order chi connectivity index (χ0) is 14.6. The number of carbonyl (C=O) groups excluding carboxylic acids is 3. The maximum atomic E-state index is 13.5. The summed E-state index contributed by atoms with van der Waals surface area (Å²) in [4.78, 5) is 32.7. The van der Waals surface area contributed by atoms with Crippen molar-refractivity contribution in [3.8, 4) is 5.75 Å². The molecule has 0 aliphatic heterocycles. The van der Waals surface area contributed by atoms with E-state index in [0.29, 0.717) is 0 Å². The number of primary amides is 2. The van der Waals surface area contributed by atoms with Gasteiger partial charge in [-0.2, -0.15) is 0 Å². The van der Waals surface area contributed by atoms with E-state index in [0.717, 1.165) is 12.1 Å². The average molecular weight is 289 g/mol. The second-order valence-corrected chi connectivity index (χ2v) is 3.99. The van der Waals surface area contributed by atoms with E-state index >= 15 is 0 Å². The topological polar surface area (TPSA) is 112 Å². The average Bonchev–Trinajstić information content (AvgIpc) is 2.26. The molecule has 0 atom stereocenters. The fourth-order valence-corrected chi connectivity index (χ4v) is 1.46. The molecule has 0 aromatic heterocycles. The summed E-state index contributed by atoms with van der Waals surface area (Å²) in [6.45, 7) is -0.477. The molecule has 0 spiro atoms. The highest BCUT2D eigenvalue weighted by atomic mass is 35.5. The summed E-state index contributed by atoms with van der Waals surface area (Å²) >= 11 is 5.68. The minimum Gasteiger partial charge on any atom is -0.482 e. The molecule has 0 fully saturated rings. The first-order valence-corrected chi connectivity index (χ1v) is 5.40. The first-order chi connectivity index (χ1) is 8.81. The van der Waals surface area contributed by atoms with Gasteiger partial charge in [0.25, 0.3) is 5.91 Å². The second kappa shape index (κ2) is 6.14. The maximum Gasteiger partial charge on any atom is 0.255 e. The van der Waals surface area contributed by atoms with Crippen molar-refractivity contribution in [3.63, 3.8) is 0 Å². The Morgan fingerprint density at radius 1 is 1.21 bits per heavy atom. The van der Waals surface area contributed by atoms with E-state index in [1.165, 1.54) is 0 Å². The molecular formula is C11H10ClFN2O4. The Morgan fingerprint density at radius 3 is 2.37 bits per heavy atom. The van der Waals surface area contributed by atoms with Gasteiger partial charge < -0.3 is 16.2 Å². The van der Waals surface area contributed by atoms with E-state index in [-0.39, 0.29) is 10.8 Å². The summed E-state index contributed by atoms with van der Waals surface area (Å²) in [5, 5.41) is -0.130. The molecule has 6 nitrogen and oxygen atoms in total. The highest BCUT2D eigenvalue weighted by Crippen LogP contribution is 2.28. The lowest BCUT2D eigenvalue weighted by Crippen LogP contribution is -2.20. The van der Waals surface area contributed by atoms with Crippen LogP contribution in [0.4, 0.5) is 4.39 Å². The van der Waals surface area contributed by atoms with Crippen molar-refractivity contribution in [3.05, 3.63) is 28.5 Å². The van der Waals surface area contributed by atoms with Crippen LogP contribution in [-0.2, 0) is 9.59 Å². The van der Waals surface area contributed by atoms with Crippen LogP contribution in [-0.4, -0.2) is 24.2 Å². The van der Waals surface area contributed by atoms with Crippen molar-refractivity contribution in [1.29, 1.82) is 0 Å². The van der Waals surface area contributed by atoms with Gasteiger partial charge in [0.15, 0.2) is 12.4 Å². The van der Waals surface area contributed by atoms with Crippen molar-refractivity contribution in [2.45, 2.75) is 6.42 Å². The smallest absolute Gasteiger partial charge is 0.255 e. The Bertz CT molecular complexity index is 548. The molecule has 0 unspecified atom stereocenters. The number of halogens is 2. The Morgan fingerprint density at radius 2 is 1.84 bits per heavy atom. The van der Waals surface area contributed by atoms with Crippen LogP contribution >= 0.6 is 11.6 Å². The van der Waals surface area contributed by atoms with Crippen molar-refractivity contribution in [2.24, 2.45) is 11.5 Å². The SMILES string of the molecule is NC(=O)COc1cc(C(=O)CC(N)=O)c(F)cc1Cl. The van der Waals surface area contributed by atoms with Gasteiger partial charge in [0.05, 0.1) is 17.0 Å². The van der Waals surface area contributed by atoms with Gasteiger partial charge in [-0.05, 0) is 12.1 Å². The number of ether oxygens (including phenoxy) is 1. The molecule has 1 rings (SSSR count). The molecule has 0 radical (unpaired) electrons. The summed E-state index contributed by atoms with van der Waals surface area (Å²) in [7, 11) is 0. The Balaban J connectivity index is 3.05. The number of benzene rings is 1. The summed E-state index contributed by atoms with van der Waals surface area (Å²) < 4.78 is 18.4. The molecule has 0 saturated heterocycles. The van der Waals surface area contributed by atoms with Gasteiger partial charge in [0.1, 0.15) is 11.6 Å². The maximum absolute atomic E-state index is 13.5. The minimum absolute atomic E-state index is 0.0883. The number of hydrogen-bond acceptors (Lipinski definition) is 4. The Kier molecular flexibility index (Phi) is 4.82. The second-order valence-electron chi connectivity index (χ2n) is 3.58. The van der Waals surface area contributed by atoms with Gasteiger partial charge in [-0.25, -0.2) is 4.39 Å². The first kappa shape index (κ1) is 14.9. The van der Waals surface area contributed by atoms with E-state index < -0.39 is 42.0 Å². The summed E-state index contributed by atoms with van der Waals surface area (Å²) in [6.07, 6.45) is -0.645. The predicted molar refractivity (Wildman–Crippen MR) is 64.2 cm³/mol. The van der Waals surface area contributed by atoms with Crippen molar-refractivity contribution in [1.82, 2.24) is 0 Å². The Labute approximate surface area is 112 Å². The zero-order valence-corrected chi connectivity index (χ0v) is 10.4. The minimum atomic E-state index is -0.914. The van der Waals surface area contributed by atoms with Gasteiger partial charge in [-0.3, -0.25) is 14.4 Å². The molecule has 2 amide bonds. The van der Waals surface area contributed by atoms with Crippen LogP contribution in [0.15, 0.2) is 12.1 Å². The van der Waals surface area contributed by atoms with Gasteiger partial charge in [-0.15, -0.1) is 0 Å². The quantitative estimate of drug-likeness (QED) is 0.583. The number of hydrogen-bond donors (Lipinski definition) is 2. The highest BCUT2D eigenvalue weighted by molar-refractivity contribution is 6.32. The monoisotopic (exact) mass is 288 g/mol. The van der Waals surface area contributed by atoms with E-state index in [1.54, 1.807) is 0 Å². The van der Waals surface area contributed by atoms with Crippen molar-refractivity contribution < 1.29 is 23.5 Å². The van der Waals surface area contributed by atoms with Crippen LogP contribution < -0.4 is 16.2 Å². The van der Waals surface area contributed by atoms with Crippen LogP contribution in [0, 0.1) is 5.82 Å². The number of Topliss-reactive ketones (excluding diaryl/α,β-unsaturated/α-hetero) is 1. The van der Waals surface area contributed by atoms with E-state index in [4.69, 9.17) is 27.8 Å². The van der Waals surface area contributed by atoms with E-state index in [2.05, 4.69) is 0 Å². The molecule has 0 bridgehead atoms. The van der Waals surface area contributed by atoms with E-state index in [1.807, 2.05) is 0 Å². The van der Waals surface area contributed by atoms with Crippen LogP contribution in [0.25, 0.3) is 0 Å². The normalized spacial score (nSPS) is 10.0. The summed E-state index contributed by atoms with van der Waals surface area (Å²) in [5.41, 5.74) is 9.32. The molecule has 19 heavy (non-hydrogen) atoms. The molecule has 102 valence electrons. The molecule has 0 aliphatic carbocycles. The zero-order valence-electron chi connectivity index (χ0n) is 9.61. The fraction of sp³-hybridized carbons (Fsp3) is 0.182. The van der Waals surface area contributed by atoms with Gasteiger partial charge in [-0.1, -0.05) is 11.6 Å². The summed E-state index contributed by atoms with van der Waals surface area (Å²) in [5.74, 6) is -3.47. The molecule has 8 heteroatoms. The number of ketones is 1. The molecule has 1 aromatic rings. The van der Waals surface area contributed by atoms with Gasteiger partial charge in [0, 0.05) is 0 Å². The number of rotatable bonds is 6.